The summed E-state index contributed by atoms with van der Waals surface area (Å²) in [6, 6.07) is 7.41. The van der Waals surface area contributed by atoms with Crippen molar-refractivity contribution in [2.45, 2.75) is 71.4 Å². The number of hydrogen-bond acceptors (Lipinski definition) is 2. The fourth-order valence-corrected chi connectivity index (χ4v) is 5.31. The van der Waals surface area contributed by atoms with Crippen LogP contribution in [0.1, 0.15) is 63.6 Å². The van der Waals surface area contributed by atoms with Crippen molar-refractivity contribution in [1.29, 1.82) is 0 Å². The lowest BCUT2D eigenvalue weighted by Gasteiger charge is -2.38. The van der Waals surface area contributed by atoms with Crippen LogP contribution in [0.3, 0.4) is 0 Å². The van der Waals surface area contributed by atoms with Gasteiger partial charge in [0.2, 0.25) is 0 Å². The van der Waals surface area contributed by atoms with E-state index >= 15 is 0 Å². The van der Waals surface area contributed by atoms with E-state index in [1.807, 2.05) is 0 Å². The summed E-state index contributed by atoms with van der Waals surface area (Å²) in [5.41, 5.74) is 4.61. The maximum absolute atomic E-state index is 5.79. The van der Waals surface area contributed by atoms with Gasteiger partial charge < -0.3 is 14.6 Å². The molecule has 2 unspecified atom stereocenters. The van der Waals surface area contributed by atoms with Crippen molar-refractivity contribution >= 4 is 10.9 Å². The Balaban J connectivity index is 1.86. The van der Waals surface area contributed by atoms with Gasteiger partial charge in [0.25, 0.3) is 0 Å². The molecule has 2 aliphatic rings. The first-order chi connectivity index (χ1) is 12.2. The fraction of sp³-hybridized carbons (Fsp3) is 0.636. The maximum Gasteiger partial charge on any atom is 0.120 e. The highest BCUT2D eigenvalue weighted by Gasteiger charge is 2.34. The SMILES string of the molecule is CCOc1ccc2c(c1)c1c(n2CC)C2CC(C[C@H](CC)C2)NCC1. The van der Waals surface area contributed by atoms with Crippen LogP contribution in [-0.2, 0) is 13.0 Å². The van der Waals surface area contributed by atoms with Crippen LogP contribution in [0.15, 0.2) is 18.2 Å². The van der Waals surface area contributed by atoms with Gasteiger partial charge in [0, 0.05) is 35.1 Å². The molecule has 2 heterocycles. The van der Waals surface area contributed by atoms with Crippen molar-refractivity contribution in [3.8, 4) is 5.75 Å². The Morgan fingerprint density at radius 1 is 1.16 bits per heavy atom. The summed E-state index contributed by atoms with van der Waals surface area (Å²) in [6.07, 6.45) is 6.47. The minimum atomic E-state index is 0.703. The lowest BCUT2D eigenvalue weighted by molar-refractivity contribution is 0.242. The van der Waals surface area contributed by atoms with Gasteiger partial charge in [0.15, 0.2) is 0 Å². The molecule has 0 spiro atoms. The van der Waals surface area contributed by atoms with Gasteiger partial charge >= 0.3 is 0 Å². The highest BCUT2D eigenvalue weighted by molar-refractivity contribution is 5.87. The zero-order valence-electron chi connectivity index (χ0n) is 16.0. The second-order valence-electron chi connectivity index (χ2n) is 7.80. The topological polar surface area (TPSA) is 26.2 Å². The Hall–Kier alpha value is -1.48. The Bertz CT molecular complexity index is 748. The summed E-state index contributed by atoms with van der Waals surface area (Å²) < 4.78 is 8.40. The highest BCUT2D eigenvalue weighted by atomic mass is 16.5. The molecule has 4 rings (SSSR count). The lowest BCUT2D eigenvalue weighted by Crippen LogP contribution is -2.40. The molecule has 1 aromatic carbocycles. The monoisotopic (exact) mass is 340 g/mol. The van der Waals surface area contributed by atoms with E-state index in [2.05, 4.69) is 48.9 Å². The molecular weight excluding hydrogens is 308 g/mol. The van der Waals surface area contributed by atoms with Gasteiger partial charge in [-0.15, -0.1) is 0 Å². The smallest absolute Gasteiger partial charge is 0.120 e. The zero-order chi connectivity index (χ0) is 17.4. The average molecular weight is 341 g/mol. The molecule has 3 heteroatoms. The molecule has 1 fully saturated rings. The van der Waals surface area contributed by atoms with Crippen LogP contribution in [0, 0.1) is 5.92 Å². The normalized spacial score (nSPS) is 26.1. The van der Waals surface area contributed by atoms with Gasteiger partial charge in [-0.2, -0.15) is 0 Å². The minimum Gasteiger partial charge on any atom is -0.494 e. The van der Waals surface area contributed by atoms with E-state index in [9.17, 15) is 0 Å². The summed E-state index contributed by atoms with van der Waals surface area (Å²) >= 11 is 0. The molecule has 0 radical (unpaired) electrons. The van der Waals surface area contributed by atoms with E-state index in [0.717, 1.165) is 37.8 Å². The number of fused-ring (bicyclic) bond motifs is 6. The van der Waals surface area contributed by atoms with E-state index < -0.39 is 0 Å². The molecule has 3 nitrogen and oxygen atoms in total. The number of aromatic nitrogens is 1. The van der Waals surface area contributed by atoms with Crippen LogP contribution in [-0.4, -0.2) is 23.8 Å². The quantitative estimate of drug-likeness (QED) is 0.859. The summed E-state index contributed by atoms with van der Waals surface area (Å²) in [5.74, 6) is 2.58. The van der Waals surface area contributed by atoms with Crippen LogP contribution < -0.4 is 10.1 Å². The molecular formula is C22H32N2O. The molecule has 136 valence electrons. The number of nitrogens with one attached hydrogen (secondary N) is 1. The van der Waals surface area contributed by atoms with Crippen molar-refractivity contribution < 1.29 is 4.74 Å². The average Bonchev–Trinajstić information content (AvgIpc) is 2.93. The molecule has 1 N–H and O–H groups in total. The molecule has 3 atom stereocenters. The Morgan fingerprint density at radius 3 is 2.80 bits per heavy atom. The molecule has 2 aromatic rings. The van der Waals surface area contributed by atoms with Crippen LogP contribution in [0.2, 0.25) is 0 Å². The zero-order valence-corrected chi connectivity index (χ0v) is 16.0. The first-order valence-corrected chi connectivity index (χ1v) is 10.3. The van der Waals surface area contributed by atoms with Gasteiger partial charge in [-0.1, -0.05) is 13.3 Å². The van der Waals surface area contributed by atoms with E-state index in [1.165, 1.54) is 36.6 Å². The predicted molar refractivity (Wildman–Crippen MR) is 105 cm³/mol. The predicted octanol–water partition coefficient (Wildman–Crippen LogP) is 4.87. The molecule has 1 aliphatic carbocycles. The largest absolute Gasteiger partial charge is 0.494 e. The van der Waals surface area contributed by atoms with Crippen LogP contribution >= 0.6 is 0 Å². The summed E-state index contributed by atoms with van der Waals surface area (Å²) in [5, 5.41) is 5.27. The third-order valence-corrected chi connectivity index (χ3v) is 6.39. The minimum absolute atomic E-state index is 0.703. The van der Waals surface area contributed by atoms with E-state index in [-0.39, 0.29) is 0 Å². The van der Waals surface area contributed by atoms with Gasteiger partial charge in [-0.05, 0) is 75.8 Å². The molecule has 1 saturated carbocycles. The first-order valence-electron chi connectivity index (χ1n) is 10.3. The van der Waals surface area contributed by atoms with Crippen LogP contribution in [0.5, 0.6) is 5.75 Å². The molecule has 2 bridgehead atoms. The van der Waals surface area contributed by atoms with Crippen molar-refractivity contribution in [1.82, 2.24) is 9.88 Å². The number of benzene rings is 1. The number of ether oxygens (including phenoxy) is 1. The van der Waals surface area contributed by atoms with Gasteiger partial charge in [0.05, 0.1) is 6.61 Å². The Kier molecular flexibility index (Phi) is 4.77. The van der Waals surface area contributed by atoms with Gasteiger partial charge in [-0.25, -0.2) is 0 Å². The highest BCUT2D eigenvalue weighted by Crippen LogP contribution is 2.43. The van der Waals surface area contributed by atoms with Crippen molar-refractivity contribution in [2.75, 3.05) is 13.2 Å². The number of rotatable bonds is 4. The summed E-state index contributed by atoms with van der Waals surface area (Å²) in [7, 11) is 0. The van der Waals surface area contributed by atoms with E-state index in [4.69, 9.17) is 4.74 Å². The van der Waals surface area contributed by atoms with Crippen molar-refractivity contribution in [3.05, 3.63) is 29.5 Å². The Labute approximate surface area is 151 Å². The molecule has 1 aromatic heterocycles. The molecule has 1 aliphatic heterocycles. The fourth-order valence-electron chi connectivity index (χ4n) is 5.31. The third kappa shape index (κ3) is 2.97. The number of hydrogen-bond donors (Lipinski definition) is 1. The molecule has 25 heavy (non-hydrogen) atoms. The van der Waals surface area contributed by atoms with Gasteiger partial charge in [-0.3, -0.25) is 0 Å². The van der Waals surface area contributed by atoms with Crippen LogP contribution in [0.25, 0.3) is 10.9 Å². The molecule has 0 amide bonds. The molecule has 0 saturated heterocycles. The number of aryl methyl sites for hydroxylation is 1. The second-order valence-corrected chi connectivity index (χ2v) is 7.80. The van der Waals surface area contributed by atoms with Gasteiger partial charge in [0.1, 0.15) is 5.75 Å². The van der Waals surface area contributed by atoms with Crippen LogP contribution in [0.4, 0.5) is 0 Å². The lowest BCUT2D eigenvalue weighted by atomic mass is 9.74. The maximum atomic E-state index is 5.79. The van der Waals surface area contributed by atoms with Crippen molar-refractivity contribution in [2.24, 2.45) is 5.92 Å². The van der Waals surface area contributed by atoms with Crippen molar-refractivity contribution in [3.63, 3.8) is 0 Å². The summed E-state index contributed by atoms with van der Waals surface area (Å²) in [6.45, 7) is 9.61. The second kappa shape index (κ2) is 7.03. The van der Waals surface area contributed by atoms with E-state index in [0.29, 0.717) is 12.0 Å². The van der Waals surface area contributed by atoms with E-state index in [1.54, 1.807) is 11.3 Å². The Morgan fingerprint density at radius 2 is 2.04 bits per heavy atom. The number of nitrogens with zero attached hydrogens (tertiary/aromatic N) is 1. The first kappa shape index (κ1) is 17.0. The third-order valence-electron chi connectivity index (χ3n) is 6.39. The summed E-state index contributed by atoms with van der Waals surface area (Å²) in [4.78, 5) is 0. The standard InChI is InChI=1S/C22H32N2O/c1-4-15-11-16-13-17(12-15)23-10-9-19-20-14-18(25-6-3)7-8-21(20)24(5-2)22(16)19/h7-8,14-17,23H,4-6,9-13H2,1-3H3/t15-,16?,17?/m1/s1.